The van der Waals surface area contributed by atoms with Crippen molar-refractivity contribution in [1.29, 1.82) is 0 Å². The molecule has 1 aromatic carbocycles. The number of aryl methyl sites for hydroxylation is 1. The Morgan fingerprint density at radius 3 is 2.78 bits per heavy atom. The van der Waals surface area contributed by atoms with Crippen LogP contribution in [0.3, 0.4) is 0 Å². The van der Waals surface area contributed by atoms with Crippen molar-refractivity contribution in [1.82, 2.24) is 24.2 Å². The molecule has 3 aromatic rings. The summed E-state index contributed by atoms with van der Waals surface area (Å²) in [5, 5.41) is 4.36. The number of fused-ring (bicyclic) bond motifs is 1. The standard InChI is InChI=1S/C18H17F2N5O2/c1-23-17-13(6-22-23)18(27)25(10-21-17)9-16(26)24-7-12(8-24)4-11-2-3-14(19)15(20)5-11/h2-3,5-6,10,12H,4,7-9H2,1H3. The Morgan fingerprint density at radius 2 is 2.04 bits per heavy atom. The van der Waals surface area contributed by atoms with Crippen LogP contribution in [0, 0.1) is 17.6 Å². The highest BCUT2D eigenvalue weighted by Crippen LogP contribution is 2.22. The maximum Gasteiger partial charge on any atom is 0.264 e. The number of likely N-dealkylation sites (tertiary alicyclic amines) is 1. The second-order valence-corrected chi connectivity index (χ2v) is 6.80. The molecule has 0 N–H and O–H groups in total. The molecule has 1 fully saturated rings. The van der Waals surface area contributed by atoms with Crippen molar-refractivity contribution in [2.45, 2.75) is 13.0 Å². The van der Waals surface area contributed by atoms with Gasteiger partial charge < -0.3 is 4.90 Å². The molecule has 1 saturated heterocycles. The molecule has 2 aromatic heterocycles. The molecule has 0 spiro atoms. The van der Waals surface area contributed by atoms with Crippen molar-refractivity contribution in [2.24, 2.45) is 13.0 Å². The summed E-state index contributed by atoms with van der Waals surface area (Å²) < 4.78 is 29.0. The second-order valence-electron chi connectivity index (χ2n) is 6.80. The van der Waals surface area contributed by atoms with E-state index in [4.69, 9.17) is 0 Å². The van der Waals surface area contributed by atoms with Crippen molar-refractivity contribution >= 4 is 16.9 Å². The van der Waals surface area contributed by atoms with Crippen LogP contribution in [0.1, 0.15) is 5.56 Å². The fourth-order valence-corrected chi connectivity index (χ4v) is 3.33. The quantitative estimate of drug-likeness (QED) is 0.687. The Bertz CT molecular complexity index is 1090. The first-order valence-electron chi connectivity index (χ1n) is 8.51. The normalized spacial score (nSPS) is 14.6. The van der Waals surface area contributed by atoms with Crippen LogP contribution in [-0.4, -0.2) is 43.2 Å². The van der Waals surface area contributed by atoms with Crippen molar-refractivity contribution in [3.63, 3.8) is 0 Å². The predicted octanol–water partition coefficient (Wildman–Crippen LogP) is 1.11. The van der Waals surface area contributed by atoms with Gasteiger partial charge in [0.25, 0.3) is 5.56 Å². The lowest BCUT2D eigenvalue weighted by molar-refractivity contribution is -0.138. The van der Waals surface area contributed by atoms with Gasteiger partial charge in [-0.2, -0.15) is 5.10 Å². The Balaban J connectivity index is 1.37. The van der Waals surface area contributed by atoms with Crippen LogP contribution in [0.5, 0.6) is 0 Å². The van der Waals surface area contributed by atoms with Gasteiger partial charge in [0, 0.05) is 20.1 Å². The summed E-state index contributed by atoms with van der Waals surface area (Å²) in [7, 11) is 1.69. The second kappa shape index (κ2) is 6.57. The number of hydrogen-bond acceptors (Lipinski definition) is 4. The summed E-state index contributed by atoms with van der Waals surface area (Å²) >= 11 is 0. The zero-order chi connectivity index (χ0) is 19.1. The van der Waals surface area contributed by atoms with Crippen molar-refractivity contribution in [3.8, 4) is 0 Å². The van der Waals surface area contributed by atoms with Crippen LogP contribution < -0.4 is 5.56 Å². The molecule has 0 saturated carbocycles. The van der Waals surface area contributed by atoms with Gasteiger partial charge in [-0.3, -0.25) is 18.8 Å². The minimum Gasteiger partial charge on any atom is -0.340 e. The third-order valence-electron chi connectivity index (χ3n) is 4.84. The maximum absolute atomic E-state index is 13.3. The number of carbonyl (C=O) groups is 1. The van der Waals surface area contributed by atoms with Gasteiger partial charge in [0.05, 0.1) is 6.20 Å². The van der Waals surface area contributed by atoms with E-state index in [-0.39, 0.29) is 23.9 Å². The first-order chi connectivity index (χ1) is 12.9. The maximum atomic E-state index is 13.3. The molecule has 0 bridgehead atoms. The summed E-state index contributed by atoms with van der Waals surface area (Å²) in [4.78, 5) is 30.6. The van der Waals surface area contributed by atoms with E-state index in [0.717, 1.165) is 6.07 Å². The minimum absolute atomic E-state index is 0.0887. The number of benzene rings is 1. The van der Waals surface area contributed by atoms with Crippen molar-refractivity contribution in [3.05, 3.63) is 58.3 Å². The molecule has 0 atom stereocenters. The van der Waals surface area contributed by atoms with Crippen LogP contribution in [0.4, 0.5) is 8.78 Å². The number of amides is 1. The van der Waals surface area contributed by atoms with E-state index in [1.807, 2.05) is 0 Å². The summed E-state index contributed by atoms with van der Waals surface area (Å²) in [6.45, 7) is 0.957. The van der Waals surface area contributed by atoms with Gasteiger partial charge >= 0.3 is 0 Å². The Labute approximate surface area is 152 Å². The predicted molar refractivity (Wildman–Crippen MR) is 92.9 cm³/mol. The van der Waals surface area contributed by atoms with Crippen LogP contribution in [0.25, 0.3) is 11.0 Å². The first-order valence-corrected chi connectivity index (χ1v) is 8.51. The highest BCUT2D eigenvalue weighted by atomic mass is 19.2. The highest BCUT2D eigenvalue weighted by Gasteiger charge is 2.31. The summed E-state index contributed by atoms with van der Waals surface area (Å²) in [6, 6.07) is 3.85. The highest BCUT2D eigenvalue weighted by molar-refractivity contribution is 5.78. The van der Waals surface area contributed by atoms with Gasteiger partial charge in [-0.15, -0.1) is 0 Å². The molecule has 0 radical (unpaired) electrons. The zero-order valence-corrected chi connectivity index (χ0v) is 14.6. The average molecular weight is 373 g/mol. The number of hydrogen-bond donors (Lipinski definition) is 0. The number of halogens is 2. The first kappa shape index (κ1) is 17.3. The van der Waals surface area contributed by atoms with E-state index < -0.39 is 11.6 Å². The topological polar surface area (TPSA) is 73.0 Å². The SMILES string of the molecule is Cn1ncc2c(=O)n(CC(=O)N3CC(Cc4ccc(F)c(F)c4)C3)cnc21. The third kappa shape index (κ3) is 3.20. The van der Waals surface area contributed by atoms with E-state index >= 15 is 0 Å². The molecule has 9 heteroatoms. The summed E-state index contributed by atoms with van der Waals surface area (Å²) in [5.41, 5.74) is 0.869. The van der Waals surface area contributed by atoms with Crippen LogP contribution in [-0.2, 0) is 24.8 Å². The Morgan fingerprint density at radius 1 is 1.26 bits per heavy atom. The lowest BCUT2D eigenvalue weighted by atomic mass is 9.92. The van der Waals surface area contributed by atoms with Crippen LogP contribution >= 0.6 is 0 Å². The van der Waals surface area contributed by atoms with Gasteiger partial charge in [-0.25, -0.2) is 13.8 Å². The third-order valence-corrected chi connectivity index (χ3v) is 4.84. The minimum atomic E-state index is -0.867. The lowest BCUT2D eigenvalue weighted by Gasteiger charge is -2.39. The van der Waals surface area contributed by atoms with Crippen molar-refractivity contribution in [2.75, 3.05) is 13.1 Å². The van der Waals surface area contributed by atoms with Gasteiger partial charge in [0.1, 0.15) is 18.3 Å². The van der Waals surface area contributed by atoms with Gasteiger partial charge in [-0.1, -0.05) is 6.07 Å². The van der Waals surface area contributed by atoms with E-state index in [9.17, 15) is 18.4 Å². The molecule has 1 aliphatic rings. The molecule has 0 aliphatic carbocycles. The van der Waals surface area contributed by atoms with Crippen LogP contribution in [0.2, 0.25) is 0 Å². The van der Waals surface area contributed by atoms with E-state index in [2.05, 4.69) is 10.1 Å². The molecule has 7 nitrogen and oxygen atoms in total. The molecule has 1 aliphatic heterocycles. The molecule has 4 rings (SSSR count). The van der Waals surface area contributed by atoms with Crippen molar-refractivity contribution < 1.29 is 13.6 Å². The number of carbonyl (C=O) groups excluding carboxylic acids is 1. The molecule has 3 heterocycles. The molecular weight excluding hydrogens is 356 g/mol. The fraction of sp³-hybridized carbons (Fsp3) is 0.333. The summed E-state index contributed by atoms with van der Waals surface area (Å²) in [5.74, 6) is -1.72. The largest absolute Gasteiger partial charge is 0.340 e. The van der Waals surface area contributed by atoms with Crippen LogP contribution in [0.15, 0.2) is 35.5 Å². The molecule has 1 amide bonds. The molecule has 140 valence electrons. The van der Waals surface area contributed by atoms with Gasteiger partial charge in [-0.05, 0) is 30.0 Å². The number of nitrogens with zero attached hydrogens (tertiary/aromatic N) is 5. The Hall–Kier alpha value is -3.10. The summed E-state index contributed by atoms with van der Waals surface area (Å²) in [6.07, 6.45) is 3.36. The average Bonchev–Trinajstić information content (AvgIpc) is 2.98. The Kier molecular flexibility index (Phi) is 4.21. The van der Waals surface area contributed by atoms with Gasteiger partial charge in [0.15, 0.2) is 17.3 Å². The monoisotopic (exact) mass is 373 g/mol. The molecular formula is C18H17F2N5O2. The zero-order valence-electron chi connectivity index (χ0n) is 14.6. The molecule has 27 heavy (non-hydrogen) atoms. The van der Waals surface area contributed by atoms with E-state index in [0.29, 0.717) is 36.1 Å². The van der Waals surface area contributed by atoms with E-state index in [1.54, 1.807) is 18.0 Å². The number of aromatic nitrogens is 4. The lowest BCUT2D eigenvalue weighted by Crippen LogP contribution is -2.52. The van der Waals surface area contributed by atoms with Gasteiger partial charge in [0.2, 0.25) is 5.91 Å². The van der Waals surface area contributed by atoms with E-state index in [1.165, 1.54) is 27.8 Å². The fourth-order valence-electron chi connectivity index (χ4n) is 3.33. The number of rotatable bonds is 4. The molecule has 0 unspecified atom stereocenters. The smallest absolute Gasteiger partial charge is 0.264 e.